The van der Waals surface area contributed by atoms with Gasteiger partial charge in [-0.3, -0.25) is 9.48 Å². The van der Waals surface area contributed by atoms with E-state index in [9.17, 15) is 20.0 Å². The van der Waals surface area contributed by atoms with Gasteiger partial charge in [-0.2, -0.15) is 10.3 Å². The molecule has 0 spiro atoms. The van der Waals surface area contributed by atoms with E-state index >= 15 is 0 Å². The van der Waals surface area contributed by atoms with Crippen molar-refractivity contribution < 1.29 is 24.8 Å². The van der Waals surface area contributed by atoms with Crippen LogP contribution in [0.25, 0.3) is 10.9 Å². The van der Waals surface area contributed by atoms with Gasteiger partial charge in [0.15, 0.2) is 5.69 Å². The molecule has 1 fully saturated rings. The fourth-order valence-electron chi connectivity index (χ4n) is 2.90. The summed E-state index contributed by atoms with van der Waals surface area (Å²) in [6.45, 7) is 1.25. The van der Waals surface area contributed by atoms with Crippen LogP contribution < -0.4 is 10.5 Å². The number of quaternary nitrogens is 1. The van der Waals surface area contributed by atoms with E-state index < -0.39 is 11.2 Å². The second-order valence-corrected chi connectivity index (χ2v) is 5.71. The van der Waals surface area contributed by atoms with E-state index in [-0.39, 0.29) is 23.1 Å². The van der Waals surface area contributed by atoms with Crippen LogP contribution in [0.2, 0.25) is 0 Å². The van der Waals surface area contributed by atoms with E-state index in [4.69, 9.17) is 0 Å². The molecule has 0 aliphatic carbocycles. The summed E-state index contributed by atoms with van der Waals surface area (Å²) in [5, 5.41) is 27.2. The molecule has 2 atom stereocenters. The first kappa shape index (κ1) is 16.4. The van der Waals surface area contributed by atoms with Crippen molar-refractivity contribution in [2.75, 3.05) is 13.7 Å². The van der Waals surface area contributed by atoms with Gasteiger partial charge in [0.1, 0.15) is 5.56 Å². The number of esters is 1. The Labute approximate surface area is 137 Å². The minimum atomic E-state index is -1.20. The summed E-state index contributed by atoms with van der Waals surface area (Å²) in [5.74, 6) is -0.670. The molecule has 0 radical (unpaired) electrons. The number of carbonyl (C=O) groups excluding carboxylic acids is 2. The second kappa shape index (κ2) is 6.56. The van der Waals surface area contributed by atoms with Gasteiger partial charge in [-0.1, -0.05) is 0 Å². The Morgan fingerprint density at radius 2 is 2.38 bits per heavy atom. The monoisotopic (exact) mass is 334 g/mol. The molecule has 1 aliphatic rings. The molecule has 1 saturated heterocycles. The number of aryl methyl sites for hydroxylation is 1. The average molecular weight is 334 g/mol. The Balaban J connectivity index is 1.87. The molecule has 128 valence electrons. The lowest BCUT2D eigenvalue weighted by Gasteiger charge is -2.14. The minimum absolute atomic E-state index is 0.0162. The van der Waals surface area contributed by atoms with Gasteiger partial charge >= 0.3 is 5.97 Å². The van der Waals surface area contributed by atoms with Crippen LogP contribution in [0.15, 0.2) is 18.3 Å². The van der Waals surface area contributed by atoms with Crippen molar-refractivity contribution in [2.45, 2.75) is 19.4 Å². The maximum Gasteiger partial charge on any atom is 0.344 e. The molecular weight excluding hydrogens is 316 g/mol. The standard InChI is InChI=1S/C15H18N4O5/c1-24-15(21)11-7-12-10(6-13(11)19(22)23)8-18(17-12)5-3-9-2-4-16-14(9)20/h6-9,19,22H,2-5H2,1H3,(H,16,20). The molecule has 2 heterocycles. The molecule has 2 unspecified atom stereocenters. The van der Waals surface area contributed by atoms with E-state index in [1.54, 1.807) is 10.9 Å². The number of ether oxygens (including phenoxy) is 1. The lowest BCUT2D eigenvalue weighted by molar-refractivity contribution is -0.991. The predicted octanol–water partition coefficient (Wildman–Crippen LogP) is -0.247. The third-order valence-electron chi connectivity index (χ3n) is 4.20. The first-order valence-electron chi connectivity index (χ1n) is 7.60. The van der Waals surface area contributed by atoms with Crippen LogP contribution in [0, 0.1) is 11.1 Å². The number of nitrogens with one attached hydrogen (secondary N) is 2. The molecule has 1 aromatic heterocycles. The highest BCUT2D eigenvalue weighted by Crippen LogP contribution is 2.22. The third-order valence-corrected chi connectivity index (χ3v) is 4.20. The lowest BCUT2D eigenvalue weighted by Crippen LogP contribution is -2.99. The van der Waals surface area contributed by atoms with Gasteiger partial charge < -0.3 is 15.3 Å². The van der Waals surface area contributed by atoms with Crippen LogP contribution in [-0.4, -0.2) is 40.5 Å². The van der Waals surface area contributed by atoms with Crippen molar-refractivity contribution in [2.24, 2.45) is 5.92 Å². The predicted molar refractivity (Wildman–Crippen MR) is 82.6 cm³/mol. The maximum atomic E-state index is 11.8. The zero-order chi connectivity index (χ0) is 17.3. The minimum Gasteiger partial charge on any atom is -0.595 e. The summed E-state index contributed by atoms with van der Waals surface area (Å²) in [6, 6.07) is 2.83. The lowest BCUT2D eigenvalue weighted by atomic mass is 10.0. The van der Waals surface area contributed by atoms with Gasteiger partial charge in [0, 0.05) is 36.7 Å². The molecule has 1 aliphatic heterocycles. The number of aromatic nitrogens is 2. The fourth-order valence-corrected chi connectivity index (χ4v) is 2.90. The molecule has 0 bridgehead atoms. The molecule has 3 rings (SSSR count). The van der Waals surface area contributed by atoms with Crippen LogP contribution in [0.1, 0.15) is 23.2 Å². The topological polar surface area (TPSA) is 121 Å². The van der Waals surface area contributed by atoms with Gasteiger partial charge in [-0.05, 0) is 18.9 Å². The summed E-state index contributed by atoms with van der Waals surface area (Å²) in [5.41, 5.74) is 0.360. The fraction of sp³-hybridized carbons (Fsp3) is 0.400. The largest absolute Gasteiger partial charge is 0.595 e. The van der Waals surface area contributed by atoms with E-state index in [1.807, 2.05) is 0 Å². The quantitative estimate of drug-likeness (QED) is 0.512. The summed E-state index contributed by atoms with van der Waals surface area (Å²) in [6.07, 6.45) is 3.19. The molecule has 2 aromatic rings. The van der Waals surface area contributed by atoms with E-state index in [2.05, 4.69) is 15.2 Å². The van der Waals surface area contributed by atoms with Gasteiger partial charge in [-0.15, -0.1) is 0 Å². The Hall–Kier alpha value is -2.49. The summed E-state index contributed by atoms with van der Waals surface area (Å²) in [7, 11) is 1.20. The number of rotatable bonds is 5. The normalized spacial score (nSPS) is 18.6. The van der Waals surface area contributed by atoms with E-state index in [1.165, 1.54) is 19.2 Å². The summed E-state index contributed by atoms with van der Waals surface area (Å²) >= 11 is 0. The molecule has 1 amide bonds. The number of hydrogen-bond acceptors (Lipinski definition) is 6. The highest BCUT2D eigenvalue weighted by Gasteiger charge is 2.24. The number of amides is 1. The molecule has 9 heteroatoms. The van der Waals surface area contributed by atoms with Crippen LogP contribution in [0.4, 0.5) is 5.69 Å². The van der Waals surface area contributed by atoms with Crippen molar-refractivity contribution in [3.8, 4) is 0 Å². The zero-order valence-electron chi connectivity index (χ0n) is 13.1. The van der Waals surface area contributed by atoms with Crippen LogP contribution in [0.3, 0.4) is 0 Å². The van der Waals surface area contributed by atoms with Gasteiger partial charge in [0.25, 0.3) is 0 Å². The first-order chi connectivity index (χ1) is 11.5. The number of carbonyl (C=O) groups is 2. The molecule has 9 nitrogen and oxygen atoms in total. The molecule has 24 heavy (non-hydrogen) atoms. The number of hydrogen-bond donors (Lipinski definition) is 3. The maximum absolute atomic E-state index is 11.8. The zero-order valence-corrected chi connectivity index (χ0v) is 13.1. The second-order valence-electron chi connectivity index (χ2n) is 5.71. The van der Waals surface area contributed by atoms with Crippen molar-refractivity contribution in [1.29, 1.82) is 0 Å². The highest BCUT2D eigenvalue weighted by molar-refractivity contribution is 5.98. The van der Waals surface area contributed by atoms with Crippen molar-refractivity contribution in [1.82, 2.24) is 15.1 Å². The molecule has 3 N–H and O–H groups in total. The Morgan fingerprint density at radius 1 is 1.58 bits per heavy atom. The van der Waals surface area contributed by atoms with Crippen LogP contribution in [-0.2, 0) is 16.1 Å². The number of methoxy groups -OCH3 is 1. The third kappa shape index (κ3) is 3.09. The smallest absolute Gasteiger partial charge is 0.344 e. The highest BCUT2D eigenvalue weighted by atomic mass is 16.8. The van der Waals surface area contributed by atoms with Crippen LogP contribution in [0.5, 0.6) is 0 Å². The van der Waals surface area contributed by atoms with Gasteiger partial charge in [0.2, 0.25) is 5.91 Å². The Morgan fingerprint density at radius 3 is 3.00 bits per heavy atom. The SMILES string of the molecule is COC(=O)c1cc2nn(CCC3CCNC3=O)cc2cc1[NH+]([O-])O. The average Bonchev–Trinajstić information content (AvgIpc) is 3.15. The van der Waals surface area contributed by atoms with Gasteiger partial charge in [-0.25, -0.2) is 10.0 Å². The number of fused-ring (bicyclic) bond motifs is 1. The number of nitrogens with zero attached hydrogens (tertiary/aromatic N) is 2. The first-order valence-corrected chi connectivity index (χ1v) is 7.60. The molecule has 1 aromatic carbocycles. The summed E-state index contributed by atoms with van der Waals surface area (Å²) < 4.78 is 6.30. The van der Waals surface area contributed by atoms with Crippen molar-refractivity contribution >= 4 is 28.5 Å². The number of benzene rings is 1. The van der Waals surface area contributed by atoms with Gasteiger partial charge in [0.05, 0.1) is 12.6 Å². The Kier molecular flexibility index (Phi) is 4.47. The van der Waals surface area contributed by atoms with Crippen LogP contribution >= 0.6 is 0 Å². The van der Waals surface area contributed by atoms with Crippen molar-refractivity contribution in [3.63, 3.8) is 0 Å². The summed E-state index contributed by atoms with van der Waals surface area (Å²) in [4.78, 5) is 23.3. The molecule has 0 saturated carbocycles. The van der Waals surface area contributed by atoms with E-state index in [0.717, 1.165) is 6.42 Å². The molecular formula is C15H18N4O5. The Bertz CT molecular complexity index is 786. The van der Waals surface area contributed by atoms with Crippen molar-refractivity contribution in [3.05, 3.63) is 29.1 Å². The van der Waals surface area contributed by atoms with E-state index in [0.29, 0.717) is 30.4 Å².